The molecule has 0 aliphatic rings. The van der Waals surface area contributed by atoms with Crippen LogP contribution in [0.25, 0.3) is 0 Å². The minimum atomic E-state index is -0.502. The summed E-state index contributed by atoms with van der Waals surface area (Å²) in [4.78, 5) is 11.2. The third-order valence-corrected chi connectivity index (χ3v) is 2.87. The van der Waals surface area contributed by atoms with Crippen molar-refractivity contribution in [2.24, 2.45) is 0 Å². The Morgan fingerprint density at radius 3 is 2.26 bits per heavy atom. The van der Waals surface area contributed by atoms with Crippen LogP contribution in [0.5, 0.6) is 0 Å². The Morgan fingerprint density at radius 1 is 1.05 bits per heavy atom. The molecule has 4 heteroatoms. The van der Waals surface area contributed by atoms with Crippen LogP contribution in [-0.4, -0.2) is 11.1 Å². The molecule has 2 rings (SSSR count). The summed E-state index contributed by atoms with van der Waals surface area (Å²) >= 11 is 0. The smallest absolute Gasteiger partial charge is 0.274 e. The van der Waals surface area contributed by atoms with Crippen LogP contribution in [0.4, 0.5) is 5.69 Å². The summed E-state index contributed by atoms with van der Waals surface area (Å²) in [6, 6.07) is 15.2. The lowest BCUT2D eigenvalue weighted by Crippen LogP contribution is -2.18. The zero-order valence-electron chi connectivity index (χ0n) is 10.7. The van der Waals surface area contributed by atoms with Crippen molar-refractivity contribution in [1.29, 1.82) is 0 Å². The summed E-state index contributed by atoms with van der Waals surface area (Å²) in [6.07, 6.45) is 0. The first-order valence-electron chi connectivity index (χ1n) is 6.03. The first kappa shape index (κ1) is 13.1. The van der Waals surface area contributed by atoms with E-state index in [1.165, 1.54) is 5.56 Å². The number of hydrogen-bond donors (Lipinski definition) is 3. The highest BCUT2D eigenvalue weighted by Crippen LogP contribution is 2.11. The van der Waals surface area contributed by atoms with E-state index in [1.54, 1.807) is 17.6 Å². The van der Waals surface area contributed by atoms with Crippen molar-refractivity contribution < 1.29 is 10.0 Å². The van der Waals surface area contributed by atoms with Crippen molar-refractivity contribution >= 4 is 11.6 Å². The Balaban J connectivity index is 1.96. The zero-order valence-corrected chi connectivity index (χ0v) is 10.7. The Bertz CT molecular complexity index is 547. The van der Waals surface area contributed by atoms with Crippen LogP contribution >= 0.6 is 0 Å². The number of aryl methyl sites for hydroxylation is 1. The van der Waals surface area contributed by atoms with Gasteiger partial charge in [0.05, 0.1) is 0 Å². The highest BCUT2D eigenvalue weighted by Gasteiger charge is 2.02. The third kappa shape index (κ3) is 3.56. The third-order valence-electron chi connectivity index (χ3n) is 2.87. The quantitative estimate of drug-likeness (QED) is 0.582. The minimum Gasteiger partial charge on any atom is -0.381 e. The van der Waals surface area contributed by atoms with Gasteiger partial charge < -0.3 is 5.32 Å². The average molecular weight is 256 g/mol. The van der Waals surface area contributed by atoms with Crippen LogP contribution in [0.3, 0.4) is 0 Å². The molecule has 0 heterocycles. The molecule has 0 saturated carbocycles. The van der Waals surface area contributed by atoms with E-state index in [-0.39, 0.29) is 0 Å². The van der Waals surface area contributed by atoms with Crippen LogP contribution in [0, 0.1) is 6.92 Å². The maximum atomic E-state index is 11.2. The maximum absolute atomic E-state index is 11.2. The van der Waals surface area contributed by atoms with Crippen molar-refractivity contribution in [3.63, 3.8) is 0 Å². The van der Waals surface area contributed by atoms with Gasteiger partial charge >= 0.3 is 0 Å². The molecular weight excluding hydrogens is 240 g/mol. The van der Waals surface area contributed by atoms with Gasteiger partial charge in [-0.1, -0.05) is 29.8 Å². The predicted octanol–water partition coefficient (Wildman–Crippen LogP) is 2.73. The Kier molecular flexibility index (Phi) is 4.15. The number of hydroxylamine groups is 1. The molecule has 3 N–H and O–H groups in total. The number of amides is 1. The fourth-order valence-corrected chi connectivity index (χ4v) is 1.71. The van der Waals surface area contributed by atoms with Crippen molar-refractivity contribution in [3.05, 3.63) is 65.2 Å². The van der Waals surface area contributed by atoms with Gasteiger partial charge in [0.15, 0.2) is 0 Å². The lowest BCUT2D eigenvalue weighted by molar-refractivity contribution is 0.0706. The summed E-state index contributed by atoms with van der Waals surface area (Å²) in [5, 5.41) is 11.8. The van der Waals surface area contributed by atoms with Crippen molar-refractivity contribution in [2.45, 2.75) is 13.5 Å². The van der Waals surface area contributed by atoms with Crippen molar-refractivity contribution in [1.82, 2.24) is 5.48 Å². The first-order valence-corrected chi connectivity index (χ1v) is 6.03. The van der Waals surface area contributed by atoms with Crippen LogP contribution in [0.1, 0.15) is 21.5 Å². The summed E-state index contributed by atoms with van der Waals surface area (Å²) < 4.78 is 0. The topological polar surface area (TPSA) is 61.4 Å². The maximum Gasteiger partial charge on any atom is 0.274 e. The van der Waals surface area contributed by atoms with Gasteiger partial charge in [-0.05, 0) is 36.8 Å². The molecular formula is C15H16N2O2. The van der Waals surface area contributed by atoms with E-state index in [4.69, 9.17) is 5.21 Å². The molecule has 2 aromatic carbocycles. The fraction of sp³-hybridized carbons (Fsp3) is 0.133. The van der Waals surface area contributed by atoms with Crippen molar-refractivity contribution in [2.75, 3.05) is 5.32 Å². The van der Waals surface area contributed by atoms with E-state index in [1.807, 2.05) is 24.3 Å². The van der Waals surface area contributed by atoms with E-state index in [0.717, 1.165) is 11.3 Å². The molecule has 4 nitrogen and oxygen atoms in total. The van der Waals surface area contributed by atoms with Gasteiger partial charge in [-0.25, -0.2) is 5.48 Å². The first-order chi connectivity index (χ1) is 9.19. The molecule has 0 spiro atoms. The van der Waals surface area contributed by atoms with Gasteiger partial charge in [0.1, 0.15) is 0 Å². The number of hydrogen-bond acceptors (Lipinski definition) is 3. The number of anilines is 1. The summed E-state index contributed by atoms with van der Waals surface area (Å²) in [5.74, 6) is -0.502. The van der Waals surface area contributed by atoms with Crippen molar-refractivity contribution in [3.8, 4) is 0 Å². The number of rotatable bonds is 4. The molecule has 0 aliphatic heterocycles. The SMILES string of the molecule is Cc1ccc(NCc2ccc(C(=O)NO)cc2)cc1. The molecule has 0 unspecified atom stereocenters. The van der Waals surface area contributed by atoms with Gasteiger partial charge in [0.25, 0.3) is 5.91 Å². The highest BCUT2D eigenvalue weighted by atomic mass is 16.5. The molecule has 0 atom stereocenters. The van der Waals surface area contributed by atoms with E-state index in [2.05, 4.69) is 24.4 Å². The largest absolute Gasteiger partial charge is 0.381 e. The molecule has 0 bridgehead atoms. The molecule has 98 valence electrons. The van der Waals surface area contributed by atoms with E-state index in [0.29, 0.717) is 12.1 Å². The second-order valence-corrected chi connectivity index (χ2v) is 4.36. The predicted molar refractivity (Wildman–Crippen MR) is 74.2 cm³/mol. The number of nitrogens with one attached hydrogen (secondary N) is 2. The van der Waals surface area contributed by atoms with E-state index < -0.39 is 5.91 Å². The normalized spacial score (nSPS) is 10.0. The molecule has 1 amide bonds. The fourth-order valence-electron chi connectivity index (χ4n) is 1.71. The van der Waals surface area contributed by atoms with Crippen LogP contribution in [0.2, 0.25) is 0 Å². The molecule has 0 saturated heterocycles. The van der Waals surface area contributed by atoms with Crippen LogP contribution in [-0.2, 0) is 6.54 Å². The summed E-state index contributed by atoms with van der Waals surface area (Å²) in [6.45, 7) is 2.73. The lowest BCUT2D eigenvalue weighted by Gasteiger charge is -2.07. The van der Waals surface area contributed by atoms with Gasteiger partial charge in [-0.2, -0.15) is 0 Å². The van der Waals surface area contributed by atoms with Crippen LogP contribution < -0.4 is 10.8 Å². The van der Waals surface area contributed by atoms with Gasteiger partial charge in [-0.15, -0.1) is 0 Å². The second-order valence-electron chi connectivity index (χ2n) is 4.36. The number of benzene rings is 2. The molecule has 0 aliphatic carbocycles. The summed E-state index contributed by atoms with van der Waals surface area (Å²) in [5.41, 5.74) is 5.39. The number of carbonyl (C=O) groups excluding carboxylic acids is 1. The van der Waals surface area contributed by atoms with Gasteiger partial charge in [-0.3, -0.25) is 10.0 Å². The summed E-state index contributed by atoms with van der Waals surface area (Å²) in [7, 11) is 0. The standard InChI is InChI=1S/C15H16N2O2/c1-11-2-8-14(9-3-11)16-10-12-4-6-13(7-5-12)15(18)17-19/h2-9,16,19H,10H2,1H3,(H,17,18). The van der Waals surface area contributed by atoms with E-state index >= 15 is 0 Å². The molecule has 0 aromatic heterocycles. The molecule has 0 fully saturated rings. The Hall–Kier alpha value is -2.33. The highest BCUT2D eigenvalue weighted by molar-refractivity contribution is 5.93. The molecule has 0 radical (unpaired) electrons. The monoisotopic (exact) mass is 256 g/mol. The zero-order chi connectivity index (χ0) is 13.7. The average Bonchev–Trinajstić information content (AvgIpc) is 2.46. The second kappa shape index (κ2) is 6.02. The minimum absolute atomic E-state index is 0.432. The van der Waals surface area contributed by atoms with Gasteiger partial charge in [0, 0.05) is 17.8 Å². The lowest BCUT2D eigenvalue weighted by atomic mass is 10.1. The number of carbonyl (C=O) groups is 1. The Morgan fingerprint density at radius 2 is 1.68 bits per heavy atom. The molecule has 2 aromatic rings. The molecule has 19 heavy (non-hydrogen) atoms. The van der Waals surface area contributed by atoms with E-state index in [9.17, 15) is 4.79 Å². The van der Waals surface area contributed by atoms with Crippen LogP contribution in [0.15, 0.2) is 48.5 Å². The Labute approximate surface area is 112 Å². The van der Waals surface area contributed by atoms with Gasteiger partial charge in [0.2, 0.25) is 0 Å².